The van der Waals surface area contributed by atoms with Crippen LogP contribution in [0.15, 0.2) is 35.1 Å². The van der Waals surface area contributed by atoms with Crippen LogP contribution < -0.4 is 21.3 Å². The molecule has 1 amide bonds. The highest BCUT2D eigenvalue weighted by Crippen LogP contribution is 2.46. The second-order valence-electron chi connectivity index (χ2n) is 14.6. The molecule has 17 nitrogen and oxygen atoms in total. The maximum absolute atomic E-state index is 15.3. The number of amides is 1. The molecule has 1 saturated heterocycles. The highest BCUT2D eigenvalue weighted by atomic mass is 19.1. The predicted octanol–water partition coefficient (Wildman–Crippen LogP) is 1.17. The first kappa shape index (κ1) is 38.4. The van der Waals surface area contributed by atoms with Gasteiger partial charge in [-0.3, -0.25) is 4.79 Å². The largest absolute Gasteiger partial charge is 0.479 e. The third-order valence-corrected chi connectivity index (χ3v) is 11.4. The van der Waals surface area contributed by atoms with Crippen LogP contribution in [0.2, 0.25) is 0 Å². The van der Waals surface area contributed by atoms with Gasteiger partial charge >= 0.3 is 18.0 Å². The molecular weight excluding hydrogens is 751 g/mol. The number of halogens is 1. The van der Waals surface area contributed by atoms with Crippen molar-refractivity contribution in [2.75, 3.05) is 0 Å². The Morgan fingerprint density at radius 3 is 2.60 bits per heavy atom. The van der Waals surface area contributed by atoms with Crippen LogP contribution in [0.1, 0.15) is 70.3 Å². The molecule has 1 fully saturated rings. The third-order valence-electron chi connectivity index (χ3n) is 11.4. The zero-order chi connectivity index (χ0) is 40.7. The fourth-order valence-corrected chi connectivity index (χ4v) is 8.30. The van der Waals surface area contributed by atoms with Crippen LogP contribution in [-0.2, 0) is 62.1 Å². The van der Waals surface area contributed by atoms with Crippen LogP contribution in [0.25, 0.3) is 22.3 Å². The average molecular weight is 791 g/mol. The molecule has 57 heavy (non-hydrogen) atoms. The molecule has 0 spiro atoms. The van der Waals surface area contributed by atoms with Gasteiger partial charge in [-0.25, -0.2) is 23.8 Å². The average Bonchev–Trinajstić information content (AvgIpc) is 3.56. The van der Waals surface area contributed by atoms with Crippen molar-refractivity contribution in [3.63, 3.8) is 0 Å². The van der Waals surface area contributed by atoms with Gasteiger partial charge in [0.25, 0.3) is 5.56 Å². The smallest absolute Gasteiger partial charge is 0.407 e. The molecule has 0 unspecified atom stereocenters. The van der Waals surface area contributed by atoms with Crippen LogP contribution >= 0.6 is 0 Å². The van der Waals surface area contributed by atoms with E-state index in [0.717, 1.165) is 5.56 Å². The van der Waals surface area contributed by atoms with Crippen molar-refractivity contribution in [1.82, 2.24) is 14.9 Å². The second kappa shape index (κ2) is 14.2. The molecule has 7 atom stereocenters. The monoisotopic (exact) mass is 790 g/mol. The summed E-state index contributed by atoms with van der Waals surface area (Å²) >= 11 is 0. The Bertz CT molecular complexity index is 2440. The Morgan fingerprint density at radius 1 is 1.11 bits per heavy atom. The van der Waals surface area contributed by atoms with E-state index in [1.54, 1.807) is 26.0 Å². The number of nitrogens with two attached hydrogens (primary N) is 1. The van der Waals surface area contributed by atoms with Crippen molar-refractivity contribution in [2.24, 2.45) is 5.73 Å². The number of aryl methyl sites for hydroxylation is 1. The van der Waals surface area contributed by atoms with Crippen LogP contribution in [0, 0.1) is 12.7 Å². The number of carboxylic acids is 1. The minimum atomic E-state index is -2.04. The number of fused-ring (bicyclic) bond motifs is 5. The Morgan fingerprint density at radius 2 is 1.88 bits per heavy atom. The lowest BCUT2D eigenvalue weighted by molar-refractivity contribution is -0.271. The van der Waals surface area contributed by atoms with Crippen LogP contribution in [0.3, 0.4) is 0 Å². The van der Waals surface area contributed by atoms with Gasteiger partial charge in [0.15, 0.2) is 11.7 Å². The fourth-order valence-electron chi connectivity index (χ4n) is 8.30. The highest BCUT2D eigenvalue weighted by molar-refractivity contribution is 5.93. The third kappa shape index (κ3) is 6.10. The second-order valence-corrected chi connectivity index (χ2v) is 14.6. The van der Waals surface area contributed by atoms with Gasteiger partial charge in [0.05, 0.1) is 35.1 Å². The number of cyclic esters (lactones) is 1. The summed E-state index contributed by atoms with van der Waals surface area (Å²) < 4.78 is 38.5. The normalized spacial score (nSPS) is 25.9. The number of pyridine rings is 2. The Kier molecular flexibility index (Phi) is 9.53. The predicted molar refractivity (Wildman–Crippen MR) is 193 cm³/mol. The van der Waals surface area contributed by atoms with Gasteiger partial charge in [-0.15, -0.1) is 0 Å². The molecule has 0 radical (unpaired) electrons. The minimum absolute atomic E-state index is 0.0380. The van der Waals surface area contributed by atoms with E-state index in [1.807, 2.05) is 0 Å². The summed E-state index contributed by atoms with van der Waals surface area (Å²) in [6.07, 6.45) is -9.10. The number of nitrogens with zero attached hydrogens (tertiary/aromatic N) is 2. The lowest BCUT2D eigenvalue weighted by atomic mass is 9.81. The number of hydrogen-bond acceptors (Lipinski definition) is 14. The fraction of sp³-hybridized carbons (Fsp3) is 0.410. The molecule has 8 N–H and O–H groups in total. The number of esters is 1. The number of aliphatic hydroxyl groups is 4. The first-order valence-corrected chi connectivity index (χ1v) is 18.3. The molecule has 4 aromatic rings. The summed E-state index contributed by atoms with van der Waals surface area (Å²) in [5.41, 5.74) is 8.05. The van der Waals surface area contributed by atoms with Crippen molar-refractivity contribution in [1.29, 1.82) is 0 Å². The van der Waals surface area contributed by atoms with Gasteiger partial charge in [-0.1, -0.05) is 13.0 Å². The summed E-state index contributed by atoms with van der Waals surface area (Å²) in [5, 5.41) is 54.8. The molecule has 1 aliphatic carbocycles. The van der Waals surface area contributed by atoms with Crippen LogP contribution in [-0.4, -0.2) is 83.8 Å². The van der Waals surface area contributed by atoms with Gasteiger partial charge < -0.3 is 60.1 Å². The van der Waals surface area contributed by atoms with Crippen molar-refractivity contribution in [3.05, 3.63) is 91.0 Å². The van der Waals surface area contributed by atoms with Crippen LogP contribution in [0.5, 0.6) is 5.75 Å². The summed E-state index contributed by atoms with van der Waals surface area (Å²) in [6, 6.07) is 6.79. The van der Waals surface area contributed by atoms with E-state index >= 15 is 4.39 Å². The summed E-state index contributed by atoms with van der Waals surface area (Å²) in [7, 11) is 0. The van der Waals surface area contributed by atoms with Crippen molar-refractivity contribution in [3.8, 4) is 17.1 Å². The first-order valence-electron chi connectivity index (χ1n) is 18.3. The van der Waals surface area contributed by atoms with Crippen molar-refractivity contribution >= 4 is 28.9 Å². The number of benzene rings is 2. The van der Waals surface area contributed by atoms with Gasteiger partial charge in [0.2, 0.25) is 6.29 Å². The quantitative estimate of drug-likeness (QED) is 0.109. The number of aliphatic carboxylic acids is 1. The van der Waals surface area contributed by atoms with Crippen LogP contribution in [0.4, 0.5) is 9.18 Å². The number of nitrogens with one attached hydrogen (secondary N) is 1. The van der Waals surface area contributed by atoms with E-state index < -0.39 is 71.8 Å². The van der Waals surface area contributed by atoms with E-state index in [2.05, 4.69) is 5.32 Å². The molecule has 0 bridgehead atoms. The van der Waals surface area contributed by atoms with E-state index in [9.17, 15) is 44.7 Å². The first-order chi connectivity index (χ1) is 27.2. The molecule has 8 rings (SSSR count). The zero-order valence-electron chi connectivity index (χ0n) is 30.7. The number of alkyl carbamates (subject to hydrolysis) is 1. The Labute approximate surface area is 322 Å². The zero-order valence-corrected chi connectivity index (χ0v) is 30.7. The van der Waals surface area contributed by atoms with Gasteiger partial charge in [0.1, 0.15) is 43.1 Å². The summed E-state index contributed by atoms with van der Waals surface area (Å²) in [4.78, 5) is 56.4. The number of rotatable bonds is 8. The van der Waals surface area contributed by atoms with E-state index in [1.165, 1.54) is 22.8 Å². The summed E-state index contributed by atoms with van der Waals surface area (Å²) in [5.74, 6) is -2.79. The lowest BCUT2D eigenvalue weighted by Crippen LogP contribution is -2.61. The summed E-state index contributed by atoms with van der Waals surface area (Å²) in [6.45, 7) is 2.72. The van der Waals surface area contributed by atoms with E-state index in [-0.39, 0.29) is 49.6 Å². The minimum Gasteiger partial charge on any atom is -0.479 e. The van der Waals surface area contributed by atoms with Gasteiger partial charge in [-0.05, 0) is 66.6 Å². The molecule has 2 aromatic heterocycles. The molecule has 300 valence electrons. The number of aliphatic hydroxyl groups excluding tert-OH is 3. The molecule has 5 heterocycles. The standard InChI is InChI=1S/C39H39FN4O13/c1-3-39(53)21-9-25-29-19(12-44(25)34(48)20(21)14-54-37(39)51)28-23(6-5-18-15(2)22(40)10-24(42-29)27(18)28)43-38(52)55-13-16-4-7-26(17(8-16)11-41)56-36-32(47)30(45)31(46)33(57-36)35(49)50/h4,7-10,23,30-33,36,45-47,53H,3,5-6,11-14,41H2,1-2H3,(H,43,52)(H,49,50)/t23-,30-,31-,32+,33-,36+,39-/m0/s1. The molecule has 0 saturated carbocycles. The Hall–Kier alpha value is -5.50. The molecular formula is C39H39FN4O13. The number of carboxylic acid groups (broad SMARTS) is 1. The van der Waals surface area contributed by atoms with Crippen molar-refractivity contribution in [2.45, 2.75) is 102 Å². The number of ether oxygens (including phenoxy) is 4. The van der Waals surface area contributed by atoms with Gasteiger partial charge in [-0.2, -0.15) is 0 Å². The van der Waals surface area contributed by atoms with E-state index in [0.29, 0.717) is 62.9 Å². The SMILES string of the molecule is CC[C@@]1(O)C(=O)OCc2c1cc1n(c2=O)Cc2c-1nc1cc(F)c(C)c3c1c2[C@@H](NC(=O)OCc1ccc(O[C@@H]2O[C@H](C(=O)O)[C@@H](O)[C@H](O)[C@H]2O)c(CN)c1)CC3. The number of carbonyl (C=O) groups is 3. The van der Waals surface area contributed by atoms with Crippen molar-refractivity contribution < 1.29 is 63.3 Å². The molecule has 18 heteroatoms. The molecule has 2 aromatic carbocycles. The van der Waals surface area contributed by atoms with Gasteiger partial charge in [0, 0.05) is 34.7 Å². The number of hydrogen-bond donors (Lipinski definition) is 7. The maximum atomic E-state index is 15.3. The molecule has 4 aliphatic rings. The highest BCUT2D eigenvalue weighted by Gasteiger charge is 2.49. The maximum Gasteiger partial charge on any atom is 0.407 e. The Balaban J connectivity index is 1.06. The number of aromatic nitrogens is 2. The molecule has 3 aliphatic heterocycles. The number of carbonyl (C=O) groups excluding carboxylic acids is 2. The van der Waals surface area contributed by atoms with E-state index in [4.69, 9.17) is 29.7 Å². The lowest BCUT2D eigenvalue weighted by Gasteiger charge is -2.38. The topological polar surface area (TPSA) is 262 Å².